The summed E-state index contributed by atoms with van der Waals surface area (Å²) in [6.45, 7) is 6.72. The van der Waals surface area contributed by atoms with Crippen LogP contribution in [0, 0.1) is 22.8 Å². The van der Waals surface area contributed by atoms with E-state index < -0.39 is 0 Å². The maximum absolute atomic E-state index is 9.62. The van der Waals surface area contributed by atoms with Crippen LogP contribution in [0.25, 0.3) is 11.2 Å². The Balaban J connectivity index is 1.34. The van der Waals surface area contributed by atoms with Gasteiger partial charge in [0.05, 0.1) is 11.9 Å². The fourth-order valence-corrected chi connectivity index (χ4v) is 6.10. The van der Waals surface area contributed by atoms with E-state index in [1.807, 2.05) is 47.3 Å². The number of nitriles is 2. The molecule has 0 radical (unpaired) electrons. The zero-order valence-electron chi connectivity index (χ0n) is 20.6. The van der Waals surface area contributed by atoms with E-state index in [1.54, 1.807) is 16.8 Å². The molecule has 0 aromatic carbocycles. The molecule has 10 nitrogen and oxygen atoms in total. The summed E-state index contributed by atoms with van der Waals surface area (Å²) in [4.78, 5) is 16.1. The van der Waals surface area contributed by atoms with E-state index in [1.165, 1.54) is 6.20 Å². The number of rotatable bonds is 9. The Morgan fingerprint density at radius 3 is 2.84 bits per heavy atom. The predicted molar refractivity (Wildman–Crippen MR) is 135 cm³/mol. The van der Waals surface area contributed by atoms with Crippen molar-refractivity contribution in [1.29, 1.82) is 10.5 Å². The third-order valence-corrected chi connectivity index (χ3v) is 9.22. The van der Waals surface area contributed by atoms with E-state index in [2.05, 4.69) is 27.1 Å². The number of imidazole rings is 1. The summed E-state index contributed by atoms with van der Waals surface area (Å²) < 4.78 is 10.4. The van der Waals surface area contributed by atoms with Crippen LogP contribution >= 0.6 is 0 Å². The molecule has 37 heavy (non-hydrogen) atoms. The van der Waals surface area contributed by atoms with Gasteiger partial charge in [0.15, 0.2) is 0 Å². The quantitative estimate of drug-likeness (QED) is 0.0667. The first kappa shape index (κ1) is 25.0. The van der Waals surface area contributed by atoms with E-state index >= 15 is 0 Å². The molecule has 2 aliphatic heterocycles. The summed E-state index contributed by atoms with van der Waals surface area (Å²) in [6.07, 6.45) is 7.80. The first-order valence-electron chi connectivity index (χ1n) is 12.0. The van der Waals surface area contributed by atoms with Gasteiger partial charge in [-0.1, -0.05) is 6.07 Å². The van der Waals surface area contributed by atoms with Crippen molar-refractivity contribution in [1.82, 2.24) is 22.4 Å². The minimum absolute atomic E-state index is 0.0452. The van der Waals surface area contributed by atoms with Gasteiger partial charge in [-0.25, -0.2) is 4.98 Å². The van der Waals surface area contributed by atoms with Gasteiger partial charge in [0.1, 0.15) is 17.9 Å². The van der Waals surface area contributed by atoms with Gasteiger partial charge in [-0.15, -0.1) is 0 Å². The SMILES string of the molecule is CC(=NC1CN(CCC2[I-]N2C#N)C1)/C(=C\N)c1cc(OC(C)c2ccccn2)n2c(C#N)cnc2c1. The molecule has 0 aliphatic carbocycles. The Labute approximate surface area is 226 Å². The summed E-state index contributed by atoms with van der Waals surface area (Å²) >= 11 is -0.0452. The number of hydrogen-bond donors (Lipinski definition) is 1. The molecule has 3 aromatic rings. The molecule has 2 atom stereocenters. The van der Waals surface area contributed by atoms with Crippen LogP contribution in [0.15, 0.2) is 53.9 Å². The molecule has 2 saturated heterocycles. The van der Waals surface area contributed by atoms with Gasteiger partial charge in [-0.3, -0.25) is 9.38 Å². The van der Waals surface area contributed by atoms with Crippen LogP contribution in [0.1, 0.15) is 43.3 Å². The van der Waals surface area contributed by atoms with Gasteiger partial charge in [-0.2, -0.15) is 5.26 Å². The molecule has 3 aromatic heterocycles. The first-order valence-corrected chi connectivity index (χ1v) is 14.2. The van der Waals surface area contributed by atoms with Gasteiger partial charge in [0.25, 0.3) is 0 Å². The van der Waals surface area contributed by atoms with E-state index in [9.17, 15) is 5.26 Å². The number of aliphatic imine (C=N–C) groups is 1. The number of nitrogens with two attached hydrogens (primary N) is 1. The van der Waals surface area contributed by atoms with Crippen molar-refractivity contribution >= 4 is 16.9 Å². The molecule has 0 bridgehead atoms. The third kappa shape index (κ3) is 5.38. The van der Waals surface area contributed by atoms with E-state index in [4.69, 9.17) is 20.7 Å². The number of nitrogens with zero attached hydrogens (tertiary/aromatic N) is 8. The number of halogens is 1. The molecule has 5 rings (SSSR count). The van der Waals surface area contributed by atoms with Crippen molar-refractivity contribution in [2.75, 3.05) is 19.6 Å². The molecule has 0 amide bonds. The number of hydrogen-bond acceptors (Lipinski definition) is 9. The van der Waals surface area contributed by atoms with E-state index in [0.717, 1.165) is 48.6 Å². The molecular weight excluding hydrogens is 581 g/mol. The number of likely N-dealkylation sites (tertiary alicyclic amines) is 1. The molecule has 2 fully saturated rings. The Morgan fingerprint density at radius 1 is 1.32 bits per heavy atom. The van der Waals surface area contributed by atoms with Crippen molar-refractivity contribution in [3.05, 3.63) is 65.9 Å². The van der Waals surface area contributed by atoms with E-state index in [0.29, 0.717) is 21.3 Å². The maximum atomic E-state index is 9.62. The second-order valence-corrected chi connectivity index (χ2v) is 12.0. The van der Waals surface area contributed by atoms with E-state index in [-0.39, 0.29) is 33.6 Å². The van der Waals surface area contributed by atoms with Crippen LogP contribution in [-0.2, 0) is 0 Å². The summed E-state index contributed by atoms with van der Waals surface area (Å²) in [7, 11) is 0. The Bertz CT molecular complexity index is 1430. The topological polar surface area (TPSA) is 132 Å². The minimum atomic E-state index is -0.340. The molecule has 2 N–H and O–H groups in total. The van der Waals surface area contributed by atoms with Gasteiger partial charge in [0, 0.05) is 6.20 Å². The van der Waals surface area contributed by atoms with Crippen molar-refractivity contribution in [2.45, 2.75) is 36.5 Å². The molecule has 11 heteroatoms. The Hall–Kier alpha value is -3.68. The standard InChI is InChI=1S/C26H27IN9O/c1-17(33-20-14-34(15-20)8-6-24-27-35(24)16-30)22(12-29)19-9-25-32-13-21(11-28)36(25)26(10-19)37-18(2)23-5-3-4-7-31-23/h3-5,7,9-10,12-13,18,20,24H,6,8,14-15,29H2,1-2H3/q-1/b22-12+,33-17?. The van der Waals surface area contributed by atoms with Crippen molar-refractivity contribution in [2.24, 2.45) is 10.7 Å². The molecular formula is C26H27IN9O-. The van der Waals surface area contributed by atoms with Crippen LogP contribution in [0.2, 0.25) is 0 Å². The second kappa shape index (κ2) is 10.7. The van der Waals surface area contributed by atoms with Crippen molar-refractivity contribution in [3.8, 4) is 18.1 Å². The summed E-state index contributed by atoms with van der Waals surface area (Å²) in [6, 6.07) is 11.8. The summed E-state index contributed by atoms with van der Waals surface area (Å²) in [5, 5.41) is 18.6. The van der Waals surface area contributed by atoms with Crippen LogP contribution in [0.4, 0.5) is 0 Å². The van der Waals surface area contributed by atoms with Crippen molar-refractivity contribution in [3.63, 3.8) is 0 Å². The molecule has 0 saturated carbocycles. The number of alkyl halides is 1. The zero-order chi connectivity index (χ0) is 25.9. The molecule has 0 spiro atoms. The Morgan fingerprint density at radius 2 is 2.16 bits per heavy atom. The average molecular weight is 608 g/mol. The number of aromatic nitrogens is 3. The fourth-order valence-electron chi connectivity index (χ4n) is 4.46. The first-order chi connectivity index (χ1) is 18.0. The molecule has 5 heterocycles. The van der Waals surface area contributed by atoms with Gasteiger partial charge in [-0.05, 0) is 19.1 Å². The normalized spacial score (nSPS) is 19.5. The van der Waals surface area contributed by atoms with Crippen LogP contribution in [0.5, 0.6) is 5.88 Å². The Kier molecular flexibility index (Phi) is 7.26. The fraction of sp³-hybridized carbons (Fsp3) is 0.346. The van der Waals surface area contributed by atoms with Gasteiger partial charge in [0.2, 0.25) is 0 Å². The zero-order valence-corrected chi connectivity index (χ0v) is 22.8. The van der Waals surface area contributed by atoms with Crippen LogP contribution in [-0.4, -0.2) is 57.8 Å². The number of pyridine rings is 2. The predicted octanol–water partition coefficient (Wildman–Crippen LogP) is -0.297. The van der Waals surface area contributed by atoms with Crippen LogP contribution < -0.4 is 31.9 Å². The monoisotopic (exact) mass is 608 g/mol. The van der Waals surface area contributed by atoms with Crippen molar-refractivity contribution < 1.29 is 26.2 Å². The van der Waals surface area contributed by atoms with Gasteiger partial charge < -0.3 is 4.74 Å². The summed E-state index contributed by atoms with van der Waals surface area (Å²) in [5.74, 6) is 0.482. The third-order valence-electron chi connectivity index (χ3n) is 6.47. The van der Waals surface area contributed by atoms with Crippen LogP contribution in [0.3, 0.4) is 0 Å². The van der Waals surface area contributed by atoms with Gasteiger partial charge >= 0.3 is 141 Å². The number of fused-ring (bicyclic) bond motifs is 1. The average Bonchev–Trinajstić information content (AvgIpc) is 3.53. The molecule has 190 valence electrons. The number of ether oxygens (including phenoxy) is 1. The second-order valence-electron chi connectivity index (χ2n) is 8.99. The molecule has 2 unspecified atom stereocenters. The number of allylic oxidation sites excluding steroid dienone is 1. The summed E-state index contributed by atoms with van der Waals surface area (Å²) in [5.41, 5.74) is 10.3. The molecule has 2 aliphatic rings.